The number of carbonyl (C=O) groups is 1. The first-order chi connectivity index (χ1) is 10.9. The van der Waals surface area contributed by atoms with Crippen molar-refractivity contribution in [1.29, 1.82) is 0 Å². The molecule has 2 heterocycles. The van der Waals surface area contributed by atoms with Gasteiger partial charge in [-0.05, 0) is 6.92 Å². The van der Waals surface area contributed by atoms with Gasteiger partial charge in [-0.2, -0.15) is 0 Å². The molecule has 0 bridgehead atoms. The number of nitrogens with two attached hydrogens (primary N) is 1. The fourth-order valence-corrected chi connectivity index (χ4v) is 2.39. The van der Waals surface area contributed by atoms with Gasteiger partial charge in [0.1, 0.15) is 0 Å². The van der Waals surface area contributed by atoms with Crippen molar-refractivity contribution in [2.75, 3.05) is 5.75 Å². The smallest absolute Gasteiger partial charge is 0.328 e. The molecule has 0 fully saturated rings. The Bertz CT molecular complexity index is 851. The summed E-state index contributed by atoms with van der Waals surface area (Å²) in [5.41, 5.74) is 4.88. The van der Waals surface area contributed by atoms with Gasteiger partial charge in [0.15, 0.2) is 0 Å². The van der Waals surface area contributed by atoms with Crippen LogP contribution in [0.5, 0.6) is 0 Å². The van der Waals surface area contributed by atoms with Crippen LogP contribution in [0.3, 0.4) is 0 Å². The van der Waals surface area contributed by atoms with Gasteiger partial charge < -0.3 is 15.1 Å². The van der Waals surface area contributed by atoms with E-state index in [0.29, 0.717) is 11.3 Å². The number of hydrogen-bond donors (Lipinski definition) is 2. The Balaban J connectivity index is 2.28. The Kier molecular flexibility index (Phi) is 5.16. The molecule has 9 nitrogen and oxygen atoms in total. The Morgan fingerprint density at radius 2 is 2.22 bits per heavy atom. The van der Waals surface area contributed by atoms with E-state index in [1.807, 2.05) is 0 Å². The van der Waals surface area contributed by atoms with Gasteiger partial charge in [0.2, 0.25) is 11.8 Å². The lowest BCUT2D eigenvalue weighted by atomic mass is 10.1. The zero-order valence-corrected chi connectivity index (χ0v) is 13.2. The van der Waals surface area contributed by atoms with Crippen LogP contribution < -0.4 is 17.0 Å². The van der Waals surface area contributed by atoms with Crippen LogP contribution in [0.2, 0.25) is 0 Å². The summed E-state index contributed by atoms with van der Waals surface area (Å²) in [7, 11) is 0. The molecule has 1 amide bonds. The maximum absolute atomic E-state index is 12.4. The van der Waals surface area contributed by atoms with Gasteiger partial charge in [0.25, 0.3) is 10.8 Å². The molecular formula is C13H15N5O4S. The number of nitrogens with zero attached hydrogens (tertiary/aromatic N) is 3. The largest absolute Gasteiger partial charge is 0.416 e. The third kappa shape index (κ3) is 3.97. The average Bonchev–Trinajstić information content (AvgIpc) is 2.93. The molecule has 0 saturated carbocycles. The van der Waals surface area contributed by atoms with Crippen LogP contribution in [-0.4, -0.2) is 31.4 Å². The average molecular weight is 337 g/mol. The summed E-state index contributed by atoms with van der Waals surface area (Å²) in [6, 6.07) is 0. The fourth-order valence-electron chi connectivity index (χ4n) is 1.87. The molecule has 3 N–H and O–H groups in total. The number of aromatic nitrogens is 4. The summed E-state index contributed by atoms with van der Waals surface area (Å²) >= 11 is 1.01. The Morgan fingerprint density at radius 1 is 1.48 bits per heavy atom. The van der Waals surface area contributed by atoms with Crippen LogP contribution in [0.15, 0.2) is 31.9 Å². The van der Waals surface area contributed by atoms with Crippen molar-refractivity contribution in [1.82, 2.24) is 19.7 Å². The second-order valence-electron chi connectivity index (χ2n) is 4.63. The number of amides is 1. The minimum Gasteiger partial charge on any atom is -0.416 e. The molecule has 0 aliphatic carbocycles. The quantitative estimate of drug-likeness (QED) is 0.517. The summed E-state index contributed by atoms with van der Waals surface area (Å²) < 4.78 is 6.39. The molecule has 2 aromatic rings. The van der Waals surface area contributed by atoms with Gasteiger partial charge in [-0.1, -0.05) is 17.8 Å². The highest BCUT2D eigenvalue weighted by atomic mass is 32.2. The number of aromatic amines is 1. The van der Waals surface area contributed by atoms with Crippen LogP contribution in [0.1, 0.15) is 17.1 Å². The third-order valence-electron chi connectivity index (χ3n) is 2.92. The van der Waals surface area contributed by atoms with Crippen molar-refractivity contribution in [2.24, 2.45) is 5.73 Å². The zero-order chi connectivity index (χ0) is 17.0. The molecule has 0 aromatic carbocycles. The first-order valence-corrected chi connectivity index (χ1v) is 7.58. The topological polar surface area (TPSA) is 137 Å². The van der Waals surface area contributed by atoms with Crippen LogP contribution in [0.4, 0.5) is 0 Å². The van der Waals surface area contributed by atoms with Gasteiger partial charge >= 0.3 is 5.69 Å². The van der Waals surface area contributed by atoms with E-state index in [1.165, 1.54) is 6.08 Å². The zero-order valence-electron chi connectivity index (χ0n) is 12.4. The lowest BCUT2D eigenvalue weighted by Gasteiger charge is -2.06. The maximum Gasteiger partial charge on any atom is 0.328 e. The van der Waals surface area contributed by atoms with Crippen LogP contribution >= 0.6 is 11.8 Å². The maximum atomic E-state index is 12.4. The van der Waals surface area contributed by atoms with Gasteiger partial charge in [-0.15, -0.1) is 16.8 Å². The van der Waals surface area contributed by atoms with E-state index >= 15 is 0 Å². The normalized spacial score (nSPS) is 10.7. The Labute approximate surface area is 134 Å². The summed E-state index contributed by atoms with van der Waals surface area (Å²) in [4.78, 5) is 37.5. The standard InChI is InChI=1S/C13H15N5O4S/c1-3-4-18-11(20)8(7(2)15-12(18)21)5-10-16-17-13(22-10)23-6-9(14)19/h3H,1,4-6H2,2H3,(H2,14,19)(H,15,21). The highest BCUT2D eigenvalue weighted by Crippen LogP contribution is 2.16. The van der Waals surface area contributed by atoms with E-state index in [9.17, 15) is 14.4 Å². The van der Waals surface area contributed by atoms with Crippen molar-refractivity contribution in [3.05, 3.63) is 50.6 Å². The van der Waals surface area contributed by atoms with Gasteiger partial charge in [-0.3, -0.25) is 14.2 Å². The number of hydrogen-bond acceptors (Lipinski definition) is 7. The summed E-state index contributed by atoms with van der Waals surface area (Å²) in [5, 5.41) is 7.77. The molecule has 2 aromatic heterocycles. The molecule has 0 unspecified atom stereocenters. The van der Waals surface area contributed by atoms with E-state index in [-0.39, 0.29) is 29.8 Å². The van der Waals surface area contributed by atoms with Crippen molar-refractivity contribution < 1.29 is 9.21 Å². The van der Waals surface area contributed by atoms with E-state index in [2.05, 4.69) is 21.8 Å². The highest BCUT2D eigenvalue weighted by Gasteiger charge is 2.15. The number of carbonyl (C=O) groups excluding carboxylic acids is 1. The Morgan fingerprint density at radius 3 is 2.87 bits per heavy atom. The van der Waals surface area contributed by atoms with E-state index < -0.39 is 17.2 Å². The predicted molar refractivity (Wildman–Crippen MR) is 83.3 cm³/mol. The number of primary amides is 1. The van der Waals surface area contributed by atoms with Crippen molar-refractivity contribution in [2.45, 2.75) is 25.1 Å². The second kappa shape index (κ2) is 7.09. The third-order valence-corrected chi connectivity index (χ3v) is 3.76. The monoisotopic (exact) mass is 337 g/mol. The summed E-state index contributed by atoms with van der Waals surface area (Å²) in [6.07, 6.45) is 1.53. The van der Waals surface area contributed by atoms with Crippen molar-refractivity contribution >= 4 is 17.7 Å². The number of thioether (sulfide) groups is 1. The van der Waals surface area contributed by atoms with Crippen molar-refractivity contribution in [3.8, 4) is 0 Å². The van der Waals surface area contributed by atoms with Crippen LogP contribution in [0.25, 0.3) is 0 Å². The first-order valence-electron chi connectivity index (χ1n) is 6.59. The molecule has 122 valence electrons. The van der Waals surface area contributed by atoms with E-state index in [0.717, 1.165) is 16.3 Å². The van der Waals surface area contributed by atoms with Crippen LogP contribution in [-0.2, 0) is 17.8 Å². The van der Waals surface area contributed by atoms with Crippen molar-refractivity contribution in [3.63, 3.8) is 0 Å². The molecule has 10 heteroatoms. The molecule has 0 aliphatic heterocycles. The molecule has 0 aliphatic rings. The molecule has 0 radical (unpaired) electrons. The molecule has 0 saturated heterocycles. The summed E-state index contributed by atoms with van der Waals surface area (Å²) in [5.74, 6) is -0.279. The molecule has 0 spiro atoms. The molecule has 2 rings (SSSR count). The number of allylic oxidation sites excluding steroid dienone is 1. The predicted octanol–water partition coefficient (Wildman–Crippen LogP) is -0.418. The molecular weight excluding hydrogens is 322 g/mol. The second-order valence-corrected chi connectivity index (χ2v) is 5.56. The lowest BCUT2D eigenvalue weighted by molar-refractivity contribution is -0.115. The molecule has 23 heavy (non-hydrogen) atoms. The van der Waals surface area contributed by atoms with E-state index in [4.69, 9.17) is 10.2 Å². The van der Waals surface area contributed by atoms with Gasteiger partial charge in [-0.25, -0.2) is 4.79 Å². The number of H-pyrrole nitrogens is 1. The number of nitrogens with one attached hydrogen (secondary N) is 1. The minimum atomic E-state index is -0.501. The fraction of sp³-hybridized carbons (Fsp3) is 0.308. The van der Waals surface area contributed by atoms with E-state index in [1.54, 1.807) is 6.92 Å². The van der Waals surface area contributed by atoms with Crippen LogP contribution in [0, 0.1) is 6.92 Å². The van der Waals surface area contributed by atoms with Gasteiger partial charge in [0, 0.05) is 17.8 Å². The van der Waals surface area contributed by atoms with Gasteiger partial charge in [0.05, 0.1) is 12.2 Å². The Hall–Kier alpha value is -2.62. The number of rotatable bonds is 7. The SMILES string of the molecule is C=CCn1c(=O)[nH]c(C)c(Cc2nnc(SCC(N)=O)o2)c1=O. The minimum absolute atomic E-state index is 0.0193. The first kappa shape index (κ1) is 16.7. The number of aryl methyl sites for hydroxylation is 1. The molecule has 0 atom stereocenters. The lowest BCUT2D eigenvalue weighted by Crippen LogP contribution is -2.37. The summed E-state index contributed by atoms with van der Waals surface area (Å²) in [6.45, 7) is 5.24. The highest BCUT2D eigenvalue weighted by molar-refractivity contribution is 7.99.